The molecule has 26 heavy (non-hydrogen) atoms. The van der Waals surface area contributed by atoms with Gasteiger partial charge < -0.3 is 0 Å². The molecule has 0 spiro atoms. The second-order valence-electron chi connectivity index (χ2n) is 7.72. The summed E-state index contributed by atoms with van der Waals surface area (Å²) in [6.45, 7) is 11.3. The van der Waals surface area contributed by atoms with Gasteiger partial charge in [-0.3, -0.25) is 4.99 Å². The fourth-order valence-corrected chi connectivity index (χ4v) is 3.65. The molecule has 0 fully saturated rings. The molecule has 0 saturated carbocycles. The molecule has 134 valence electrons. The third-order valence-electron chi connectivity index (χ3n) is 5.06. The summed E-state index contributed by atoms with van der Waals surface area (Å²) in [6, 6.07) is 21.8. The molecule has 0 radical (unpaired) electrons. The third-order valence-corrected chi connectivity index (χ3v) is 5.06. The normalized spacial score (nSPS) is 13.2. The summed E-state index contributed by atoms with van der Waals surface area (Å²) in [7, 11) is 0. The molecule has 1 atom stereocenters. The minimum atomic E-state index is 0.150. The Morgan fingerprint density at radius 2 is 1.31 bits per heavy atom. The lowest BCUT2D eigenvalue weighted by molar-refractivity contribution is 0.732. The van der Waals surface area contributed by atoms with Crippen molar-refractivity contribution in [2.24, 2.45) is 4.99 Å². The zero-order valence-corrected chi connectivity index (χ0v) is 16.5. The summed E-state index contributed by atoms with van der Waals surface area (Å²) in [6.07, 6.45) is 2.03. The lowest BCUT2D eigenvalue weighted by atomic mass is 9.85. The number of rotatable bonds is 5. The van der Waals surface area contributed by atoms with Gasteiger partial charge in [-0.2, -0.15) is 0 Å². The summed E-state index contributed by atoms with van der Waals surface area (Å²) in [4.78, 5) is 4.93. The monoisotopic (exact) mass is 343 g/mol. The van der Waals surface area contributed by atoms with E-state index in [4.69, 9.17) is 4.99 Å². The summed E-state index contributed by atoms with van der Waals surface area (Å²) < 4.78 is 0. The van der Waals surface area contributed by atoms with Crippen LogP contribution >= 0.6 is 0 Å². The van der Waals surface area contributed by atoms with E-state index in [-0.39, 0.29) is 6.04 Å². The highest BCUT2D eigenvalue weighted by atomic mass is 14.8. The van der Waals surface area contributed by atoms with Crippen molar-refractivity contribution in [1.29, 1.82) is 0 Å². The molecule has 0 N–H and O–H groups in total. The third kappa shape index (κ3) is 3.88. The van der Waals surface area contributed by atoms with Crippen LogP contribution in [0, 0.1) is 0 Å². The number of hydrogen-bond donors (Lipinski definition) is 0. The van der Waals surface area contributed by atoms with Crippen molar-refractivity contribution in [2.75, 3.05) is 0 Å². The lowest BCUT2D eigenvalue weighted by Gasteiger charge is -2.22. The Balaban J connectivity index is 1.96. The maximum absolute atomic E-state index is 4.93. The molecular weight excluding hydrogens is 314 g/mol. The van der Waals surface area contributed by atoms with Gasteiger partial charge in [-0.1, -0.05) is 82.3 Å². The smallest absolute Gasteiger partial charge is 0.0726 e. The fraction of sp³-hybridized carbons (Fsp3) is 0.320. The van der Waals surface area contributed by atoms with Gasteiger partial charge in [0.25, 0.3) is 0 Å². The number of fused-ring (bicyclic) bond motifs is 1. The van der Waals surface area contributed by atoms with Crippen LogP contribution < -0.4 is 0 Å². The van der Waals surface area contributed by atoms with Crippen LogP contribution in [0.5, 0.6) is 0 Å². The highest BCUT2D eigenvalue weighted by Crippen LogP contribution is 2.34. The van der Waals surface area contributed by atoms with Gasteiger partial charge in [-0.25, -0.2) is 0 Å². The Bertz CT molecular complexity index is 892. The highest BCUT2D eigenvalue weighted by molar-refractivity contribution is 5.90. The Kier molecular flexibility index (Phi) is 5.56. The van der Waals surface area contributed by atoms with Gasteiger partial charge in [0, 0.05) is 6.21 Å². The average molecular weight is 344 g/mol. The van der Waals surface area contributed by atoms with E-state index in [1.807, 2.05) is 6.21 Å². The molecule has 0 heterocycles. The minimum absolute atomic E-state index is 0.150. The quantitative estimate of drug-likeness (QED) is 0.432. The predicted molar refractivity (Wildman–Crippen MR) is 115 cm³/mol. The van der Waals surface area contributed by atoms with Crippen LogP contribution in [0.3, 0.4) is 0 Å². The van der Waals surface area contributed by atoms with Crippen LogP contribution in [-0.2, 0) is 0 Å². The van der Waals surface area contributed by atoms with Crippen molar-refractivity contribution >= 4 is 17.0 Å². The molecule has 0 bridgehead atoms. The van der Waals surface area contributed by atoms with Crippen LogP contribution in [-0.4, -0.2) is 6.21 Å². The molecule has 0 aliphatic rings. The molecule has 3 aromatic carbocycles. The molecule has 0 aliphatic carbocycles. The Hall–Kier alpha value is -2.41. The molecule has 1 nitrogen and oxygen atoms in total. The topological polar surface area (TPSA) is 12.4 Å². The van der Waals surface area contributed by atoms with Gasteiger partial charge in [0.15, 0.2) is 0 Å². The summed E-state index contributed by atoms with van der Waals surface area (Å²) in [5, 5.41) is 2.53. The van der Waals surface area contributed by atoms with E-state index < -0.39 is 0 Å². The van der Waals surface area contributed by atoms with E-state index >= 15 is 0 Å². The van der Waals surface area contributed by atoms with Crippen molar-refractivity contribution in [2.45, 2.75) is 52.5 Å². The first kappa shape index (κ1) is 18.4. The van der Waals surface area contributed by atoms with Crippen molar-refractivity contribution in [3.63, 3.8) is 0 Å². The first-order valence-corrected chi connectivity index (χ1v) is 9.62. The predicted octanol–water partition coefficient (Wildman–Crippen LogP) is 7.27. The van der Waals surface area contributed by atoms with Crippen molar-refractivity contribution in [1.82, 2.24) is 0 Å². The molecule has 0 amide bonds. The standard InChI is InChI=1S/C25H29N/c1-17(2)23-11-8-12-24(18(3)4)25(23)19(5)26-16-20-13-14-21-9-6-7-10-22(21)15-20/h6-19H,1-5H3. The summed E-state index contributed by atoms with van der Waals surface area (Å²) in [5.74, 6) is 1.00. The van der Waals surface area contributed by atoms with Crippen LogP contribution in [0.4, 0.5) is 0 Å². The minimum Gasteiger partial charge on any atom is -0.285 e. The Labute approximate surface area is 157 Å². The number of aliphatic imine (C=N–C) groups is 1. The van der Waals surface area contributed by atoms with Gasteiger partial charge in [0.2, 0.25) is 0 Å². The lowest BCUT2D eigenvalue weighted by Crippen LogP contribution is -2.06. The van der Waals surface area contributed by atoms with E-state index in [1.54, 1.807) is 0 Å². The van der Waals surface area contributed by atoms with E-state index in [9.17, 15) is 0 Å². The number of benzene rings is 3. The number of hydrogen-bond acceptors (Lipinski definition) is 1. The zero-order chi connectivity index (χ0) is 18.7. The number of nitrogens with zero attached hydrogens (tertiary/aromatic N) is 1. The van der Waals surface area contributed by atoms with Crippen molar-refractivity contribution in [3.05, 3.63) is 82.9 Å². The molecule has 1 heteroatoms. The van der Waals surface area contributed by atoms with Crippen molar-refractivity contribution in [3.8, 4) is 0 Å². The van der Waals surface area contributed by atoms with Crippen LogP contribution in [0.1, 0.15) is 74.8 Å². The van der Waals surface area contributed by atoms with Gasteiger partial charge in [0.05, 0.1) is 6.04 Å². The van der Waals surface area contributed by atoms with Crippen LogP contribution in [0.2, 0.25) is 0 Å². The van der Waals surface area contributed by atoms with E-state index in [0.717, 1.165) is 5.56 Å². The molecule has 0 saturated heterocycles. The van der Waals surface area contributed by atoms with E-state index in [0.29, 0.717) is 11.8 Å². The molecule has 3 aromatic rings. The van der Waals surface area contributed by atoms with Gasteiger partial charge in [-0.15, -0.1) is 0 Å². The molecule has 1 unspecified atom stereocenters. The zero-order valence-electron chi connectivity index (χ0n) is 16.5. The second-order valence-corrected chi connectivity index (χ2v) is 7.72. The first-order valence-electron chi connectivity index (χ1n) is 9.62. The maximum Gasteiger partial charge on any atom is 0.0726 e. The Morgan fingerprint density at radius 1 is 0.692 bits per heavy atom. The van der Waals surface area contributed by atoms with Gasteiger partial charge >= 0.3 is 0 Å². The summed E-state index contributed by atoms with van der Waals surface area (Å²) in [5.41, 5.74) is 5.39. The highest BCUT2D eigenvalue weighted by Gasteiger charge is 2.17. The SMILES string of the molecule is CC(C)c1cccc(C(C)C)c1C(C)N=Cc1ccc2ccccc2c1. The molecule has 3 rings (SSSR count). The summed E-state index contributed by atoms with van der Waals surface area (Å²) >= 11 is 0. The largest absolute Gasteiger partial charge is 0.285 e. The average Bonchev–Trinajstić information content (AvgIpc) is 2.65. The van der Waals surface area contributed by atoms with E-state index in [1.165, 1.54) is 27.5 Å². The maximum atomic E-state index is 4.93. The van der Waals surface area contributed by atoms with Gasteiger partial charge in [0.1, 0.15) is 0 Å². The Morgan fingerprint density at radius 3 is 1.92 bits per heavy atom. The van der Waals surface area contributed by atoms with E-state index in [2.05, 4.69) is 95.3 Å². The molecule has 0 aromatic heterocycles. The van der Waals surface area contributed by atoms with Crippen LogP contribution in [0.15, 0.2) is 65.7 Å². The van der Waals surface area contributed by atoms with Crippen LogP contribution in [0.25, 0.3) is 10.8 Å². The van der Waals surface area contributed by atoms with Gasteiger partial charge in [-0.05, 0) is 57.9 Å². The fourth-order valence-electron chi connectivity index (χ4n) is 3.65. The first-order chi connectivity index (χ1) is 12.5. The molecule has 0 aliphatic heterocycles. The van der Waals surface area contributed by atoms with Crippen molar-refractivity contribution < 1.29 is 0 Å². The molecular formula is C25H29N. The second kappa shape index (κ2) is 7.86.